The van der Waals surface area contributed by atoms with Crippen LogP contribution in [0.1, 0.15) is 75.8 Å². The fourth-order valence-electron chi connectivity index (χ4n) is 3.61. The average molecular weight is 281 g/mol. The van der Waals surface area contributed by atoms with Crippen LogP contribution in [0.2, 0.25) is 0 Å². The standard InChI is InChI=1S/C20H27N/c1-2-4-6-8-12-17(11-7-5-3-1)20-15-18-13-9-10-14-19(18)16-21-20/h9-10,13-17H,1-8,11-12H2. The van der Waals surface area contributed by atoms with Gasteiger partial charge < -0.3 is 0 Å². The maximum Gasteiger partial charge on any atom is 0.0440 e. The first-order chi connectivity index (χ1) is 10.4. The van der Waals surface area contributed by atoms with Crippen molar-refractivity contribution in [2.75, 3.05) is 0 Å². The molecule has 1 aromatic carbocycles. The largest absolute Gasteiger partial charge is 0.260 e. The van der Waals surface area contributed by atoms with E-state index in [1.807, 2.05) is 0 Å². The maximum atomic E-state index is 4.78. The molecule has 21 heavy (non-hydrogen) atoms. The van der Waals surface area contributed by atoms with Crippen LogP contribution >= 0.6 is 0 Å². The summed E-state index contributed by atoms with van der Waals surface area (Å²) in [5.74, 6) is 0.674. The Labute approximate surface area is 128 Å². The molecule has 1 heterocycles. The van der Waals surface area contributed by atoms with E-state index in [0.29, 0.717) is 5.92 Å². The molecule has 0 atom stereocenters. The third kappa shape index (κ3) is 4.06. The first kappa shape index (κ1) is 14.6. The minimum Gasteiger partial charge on any atom is -0.260 e. The van der Waals surface area contributed by atoms with Gasteiger partial charge in [0.15, 0.2) is 0 Å². The fourth-order valence-corrected chi connectivity index (χ4v) is 3.61. The summed E-state index contributed by atoms with van der Waals surface area (Å²) in [6, 6.07) is 10.9. The number of hydrogen-bond acceptors (Lipinski definition) is 1. The third-order valence-electron chi connectivity index (χ3n) is 4.93. The summed E-state index contributed by atoms with van der Waals surface area (Å²) in [6.07, 6.45) is 16.0. The second kappa shape index (κ2) is 7.59. The molecule has 3 rings (SSSR count). The zero-order chi connectivity index (χ0) is 14.3. The van der Waals surface area contributed by atoms with Crippen molar-refractivity contribution in [1.29, 1.82) is 0 Å². The quantitative estimate of drug-likeness (QED) is 0.603. The lowest BCUT2D eigenvalue weighted by atomic mass is 9.91. The molecule has 0 spiro atoms. The SMILES string of the molecule is c1ccc2cc(C3CCCCCCCCCC3)ncc2c1. The highest BCUT2D eigenvalue weighted by Crippen LogP contribution is 2.30. The lowest BCUT2D eigenvalue weighted by molar-refractivity contribution is 0.506. The van der Waals surface area contributed by atoms with Crippen LogP contribution in [-0.4, -0.2) is 4.98 Å². The summed E-state index contributed by atoms with van der Waals surface area (Å²) in [7, 11) is 0. The Morgan fingerprint density at radius 1 is 0.714 bits per heavy atom. The van der Waals surface area contributed by atoms with E-state index in [9.17, 15) is 0 Å². The minimum absolute atomic E-state index is 0.674. The predicted octanol–water partition coefficient (Wildman–Crippen LogP) is 6.23. The molecule has 0 radical (unpaired) electrons. The first-order valence-corrected chi connectivity index (χ1v) is 8.78. The van der Waals surface area contributed by atoms with Crippen molar-refractivity contribution in [1.82, 2.24) is 4.98 Å². The van der Waals surface area contributed by atoms with Crippen LogP contribution in [0.5, 0.6) is 0 Å². The molecular weight excluding hydrogens is 254 g/mol. The molecule has 0 bridgehead atoms. The van der Waals surface area contributed by atoms with Gasteiger partial charge in [0.2, 0.25) is 0 Å². The van der Waals surface area contributed by atoms with Crippen LogP contribution in [0.25, 0.3) is 10.8 Å². The zero-order valence-electron chi connectivity index (χ0n) is 13.1. The monoisotopic (exact) mass is 281 g/mol. The number of hydrogen-bond donors (Lipinski definition) is 0. The van der Waals surface area contributed by atoms with E-state index in [2.05, 4.69) is 36.5 Å². The van der Waals surface area contributed by atoms with Gasteiger partial charge in [0.1, 0.15) is 0 Å². The molecular formula is C20H27N. The van der Waals surface area contributed by atoms with Crippen LogP contribution in [0.3, 0.4) is 0 Å². The molecule has 0 amide bonds. The summed E-state index contributed by atoms with van der Waals surface area (Å²) in [6.45, 7) is 0. The van der Waals surface area contributed by atoms with Crippen molar-refractivity contribution in [3.63, 3.8) is 0 Å². The molecule has 1 saturated carbocycles. The van der Waals surface area contributed by atoms with E-state index in [0.717, 1.165) is 0 Å². The van der Waals surface area contributed by atoms with Crippen molar-refractivity contribution < 1.29 is 0 Å². The zero-order valence-corrected chi connectivity index (χ0v) is 13.1. The Kier molecular flexibility index (Phi) is 5.26. The van der Waals surface area contributed by atoms with Gasteiger partial charge in [-0.25, -0.2) is 0 Å². The summed E-state index contributed by atoms with van der Waals surface area (Å²) >= 11 is 0. The lowest BCUT2D eigenvalue weighted by Gasteiger charge is -2.16. The van der Waals surface area contributed by atoms with E-state index in [4.69, 9.17) is 4.98 Å². The molecule has 112 valence electrons. The molecule has 1 nitrogen and oxygen atoms in total. The van der Waals surface area contributed by atoms with Crippen LogP contribution in [0.4, 0.5) is 0 Å². The van der Waals surface area contributed by atoms with Gasteiger partial charge in [-0.15, -0.1) is 0 Å². The number of pyridine rings is 1. The summed E-state index contributed by atoms with van der Waals surface area (Å²) in [5.41, 5.74) is 1.33. The first-order valence-electron chi connectivity index (χ1n) is 8.78. The van der Waals surface area contributed by atoms with E-state index < -0.39 is 0 Å². The highest BCUT2D eigenvalue weighted by molar-refractivity contribution is 5.81. The molecule has 0 saturated heterocycles. The predicted molar refractivity (Wildman–Crippen MR) is 90.7 cm³/mol. The summed E-state index contributed by atoms with van der Waals surface area (Å²) in [5, 5.41) is 2.61. The second-order valence-corrected chi connectivity index (χ2v) is 6.56. The van der Waals surface area contributed by atoms with Crippen molar-refractivity contribution in [3.8, 4) is 0 Å². The molecule has 0 aliphatic heterocycles. The molecule has 0 unspecified atom stereocenters. The van der Waals surface area contributed by atoms with Crippen LogP contribution in [-0.2, 0) is 0 Å². The fraction of sp³-hybridized carbons (Fsp3) is 0.550. The van der Waals surface area contributed by atoms with E-state index in [-0.39, 0.29) is 0 Å². The maximum absolute atomic E-state index is 4.78. The minimum atomic E-state index is 0.674. The van der Waals surface area contributed by atoms with Gasteiger partial charge in [0.05, 0.1) is 0 Å². The van der Waals surface area contributed by atoms with Gasteiger partial charge in [-0.2, -0.15) is 0 Å². The van der Waals surface area contributed by atoms with Crippen molar-refractivity contribution in [2.24, 2.45) is 0 Å². The van der Waals surface area contributed by atoms with Gasteiger partial charge in [0, 0.05) is 23.2 Å². The Hall–Kier alpha value is -1.37. The lowest BCUT2D eigenvalue weighted by Crippen LogP contribution is -2.02. The van der Waals surface area contributed by atoms with Crippen molar-refractivity contribution in [2.45, 2.75) is 70.1 Å². The Balaban J connectivity index is 1.76. The number of nitrogens with zero attached hydrogens (tertiary/aromatic N) is 1. The van der Waals surface area contributed by atoms with Crippen LogP contribution in [0.15, 0.2) is 36.5 Å². The molecule has 1 aromatic heterocycles. The molecule has 1 heteroatoms. The van der Waals surface area contributed by atoms with E-state index in [1.165, 1.54) is 80.7 Å². The normalized spacial score (nSPS) is 19.2. The van der Waals surface area contributed by atoms with Crippen LogP contribution in [0, 0.1) is 0 Å². The number of aromatic nitrogens is 1. The smallest absolute Gasteiger partial charge is 0.0440 e. The van der Waals surface area contributed by atoms with Crippen molar-refractivity contribution in [3.05, 3.63) is 42.2 Å². The second-order valence-electron chi connectivity index (χ2n) is 6.56. The third-order valence-corrected chi connectivity index (χ3v) is 4.93. The molecule has 1 aliphatic rings. The molecule has 0 N–H and O–H groups in total. The van der Waals surface area contributed by atoms with Gasteiger partial charge >= 0.3 is 0 Å². The molecule has 2 aromatic rings. The number of fused-ring (bicyclic) bond motifs is 1. The average Bonchev–Trinajstić information content (AvgIpc) is 2.60. The van der Waals surface area contributed by atoms with Gasteiger partial charge in [0.25, 0.3) is 0 Å². The Morgan fingerprint density at radius 3 is 1.95 bits per heavy atom. The Morgan fingerprint density at radius 2 is 1.29 bits per heavy atom. The topological polar surface area (TPSA) is 12.9 Å². The van der Waals surface area contributed by atoms with E-state index >= 15 is 0 Å². The summed E-state index contributed by atoms with van der Waals surface area (Å²) < 4.78 is 0. The van der Waals surface area contributed by atoms with Gasteiger partial charge in [-0.1, -0.05) is 75.6 Å². The highest BCUT2D eigenvalue weighted by atomic mass is 14.7. The number of benzene rings is 1. The highest BCUT2D eigenvalue weighted by Gasteiger charge is 2.14. The van der Waals surface area contributed by atoms with Gasteiger partial charge in [-0.3, -0.25) is 4.98 Å². The molecule has 1 fully saturated rings. The molecule has 1 aliphatic carbocycles. The Bertz CT molecular complexity index is 549. The van der Waals surface area contributed by atoms with Gasteiger partial charge in [-0.05, 0) is 24.3 Å². The van der Waals surface area contributed by atoms with Crippen molar-refractivity contribution >= 4 is 10.8 Å². The summed E-state index contributed by atoms with van der Waals surface area (Å²) in [4.78, 5) is 4.78. The number of rotatable bonds is 1. The van der Waals surface area contributed by atoms with Crippen LogP contribution < -0.4 is 0 Å². The van der Waals surface area contributed by atoms with E-state index in [1.54, 1.807) is 0 Å².